The second-order valence-electron chi connectivity index (χ2n) is 16.8. The van der Waals surface area contributed by atoms with Gasteiger partial charge in [0.1, 0.15) is 30.1 Å². The van der Waals surface area contributed by atoms with Gasteiger partial charge < -0.3 is 30.7 Å². The number of carbonyl (C=O) groups excluding carboxylic acids is 5. The van der Waals surface area contributed by atoms with Crippen LogP contribution in [0.5, 0.6) is 5.88 Å². The highest BCUT2D eigenvalue weighted by atomic mass is 16.5. The molecule has 15 heteroatoms. The summed E-state index contributed by atoms with van der Waals surface area (Å²) in [4.78, 5) is 83.7. The lowest BCUT2D eigenvalue weighted by Crippen LogP contribution is -2.61. The van der Waals surface area contributed by atoms with Crippen molar-refractivity contribution in [1.29, 1.82) is 0 Å². The van der Waals surface area contributed by atoms with Gasteiger partial charge in [-0.3, -0.25) is 39.3 Å². The molecule has 1 saturated heterocycles. The Balaban J connectivity index is 1.62. The third kappa shape index (κ3) is 12.0. The molecule has 308 valence electrons. The molecular weight excluding hydrogens is 716 g/mol. The molecule has 0 radical (unpaired) electrons. The number of nitrogens with one attached hydrogen (secondary N) is 4. The molecule has 0 aromatic carbocycles. The number of amides is 4. The maximum Gasteiger partial charge on any atom is 0.289 e. The Bertz CT molecular complexity index is 1630. The van der Waals surface area contributed by atoms with Gasteiger partial charge in [0.15, 0.2) is 0 Å². The third-order valence-corrected chi connectivity index (χ3v) is 10.8. The molecule has 4 amide bonds. The summed E-state index contributed by atoms with van der Waals surface area (Å²) in [6.07, 6.45) is 9.37. The summed E-state index contributed by atoms with van der Waals surface area (Å²) in [6.45, 7) is 14.9. The topological polar surface area (TPSA) is 205 Å². The number of pyridine rings is 1. The van der Waals surface area contributed by atoms with Crippen molar-refractivity contribution < 1.29 is 33.8 Å². The number of aromatic nitrogens is 3. The number of ketones is 1. The van der Waals surface area contributed by atoms with E-state index in [4.69, 9.17) is 4.74 Å². The summed E-state index contributed by atoms with van der Waals surface area (Å²) in [5.41, 5.74) is 0.374. The normalized spacial score (nSPS) is 20.4. The van der Waals surface area contributed by atoms with Crippen LogP contribution in [0.1, 0.15) is 117 Å². The second-order valence-corrected chi connectivity index (χ2v) is 16.8. The van der Waals surface area contributed by atoms with E-state index in [2.05, 4.69) is 36.2 Å². The Morgan fingerprint density at radius 3 is 2.27 bits per heavy atom. The molecule has 1 saturated carbocycles. The monoisotopic (exact) mass is 778 g/mol. The molecule has 1 unspecified atom stereocenters. The van der Waals surface area contributed by atoms with Crippen LogP contribution in [-0.4, -0.2) is 97.2 Å². The third-order valence-electron chi connectivity index (χ3n) is 10.8. The number of nitrogens with zero attached hydrogens (tertiary/aromatic N) is 4. The zero-order valence-corrected chi connectivity index (χ0v) is 34.2. The molecule has 0 spiro atoms. The summed E-state index contributed by atoms with van der Waals surface area (Å²) in [7, 11) is 0. The van der Waals surface area contributed by atoms with Crippen molar-refractivity contribution >= 4 is 29.4 Å². The smallest absolute Gasteiger partial charge is 0.289 e. The van der Waals surface area contributed by atoms with Gasteiger partial charge in [-0.05, 0) is 55.9 Å². The number of rotatable bonds is 17. The van der Waals surface area contributed by atoms with Gasteiger partial charge in [-0.2, -0.15) is 0 Å². The van der Waals surface area contributed by atoms with Crippen LogP contribution in [0, 0.1) is 24.2 Å². The molecule has 2 fully saturated rings. The van der Waals surface area contributed by atoms with Crippen LogP contribution in [0.25, 0.3) is 0 Å². The molecule has 4 rings (SSSR count). The lowest BCUT2D eigenvalue weighted by molar-refractivity contribution is -0.145. The number of aryl methyl sites for hydroxylation is 1. The summed E-state index contributed by atoms with van der Waals surface area (Å²) in [5, 5.41) is 22.7. The fraction of sp³-hybridized carbons (Fsp3) is 0.659. The molecule has 3 heterocycles. The Morgan fingerprint density at radius 1 is 0.964 bits per heavy atom. The molecule has 56 heavy (non-hydrogen) atoms. The molecule has 2 aliphatic rings. The van der Waals surface area contributed by atoms with Crippen LogP contribution >= 0.6 is 0 Å². The predicted octanol–water partition coefficient (Wildman–Crippen LogP) is 3.30. The van der Waals surface area contributed by atoms with Gasteiger partial charge >= 0.3 is 0 Å². The van der Waals surface area contributed by atoms with E-state index >= 15 is 0 Å². The Morgan fingerprint density at radius 2 is 1.68 bits per heavy atom. The highest BCUT2D eigenvalue weighted by Gasteiger charge is 2.47. The van der Waals surface area contributed by atoms with Crippen LogP contribution in [0.4, 0.5) is 0 Å². The van der Waals surface area contributed by atoms with E-state index in [1.54, 1.807) is 12.3 Å². The molecular formula is C41H62N8O7. The lowest BCUT2D eigenvalue weighted by Gasteiger charge is -2.38. The number of aliphatic hydroxyl groups is 1. The van der Waals surface area contributed by atoms with Crippen LogP contribution in [0.3, 0.4) is 0 Å². The molecule has 7 atom stereocenters. The van der Waals surface area contributed by atoms with Crippen molar-refractivity contribution in [2.75, 3.05) is 6.54 Å². The van der Waals surface area contributed by atoms with Crippen molar-refractivity contribution in [3.63, 3.8) is 0 Å². The zero-order chi connectivity index (χ0) is 41.2. The first-order valence-corrected chi connectivity index (χ1v) is 20.0. The van der Waals surface area contributed by atoms with Crippen molar-refractivity contribution in [3.8, 4) is 5.88 Å². The van der Waals surface area contributed by atoms with E-state index in [-0.39, 0.29) is 43.0 Å². The summed E-state index contributed by atoms with van der Waals surface area (Å²) in [5.74, 6) is -2.80. The molecule has 1 aliphatic carbocycles. The number of carbonyl (C=O) groups is 5. The average molecular weight is 779 g/mol. The number of hydrogen-bond donors (Lipinski definition) is 5. The van der Waals surface area contributed by atoms with E-state index < -0.39 is 71.3 Å². The fourth-order valence-electron chi connectivity index (χ4n) is 7.15. The van der Waals surface area contributed by atoms with Crippen LogP contribution in [-0.2, 0) is 24.0 Å². The fourth-order valence-corrected chi connectivity index (χ4v) is 7.15. The molecule has 1 aliphatic heterocycles. The highest BCUT2D eigenvalue weighted by molar-refractivity contribution is 6.38. The van der Waals surface area contributed by atoms with Crippen molar-refractivity contribution in [1.82, 2.24) is 41.1 Å². The largest absolute Gasteiger partial charge is 0.472 e. The first-order valence-electron chi connectivity index (χ1n) is 20.0. The summed E-state index contributed by atoms with van der Waals surface area (Å²) < 4.78 is 6.19. The van der Waals surface area contributed by atoms with Crippen molar-refractivity contribution in [3.05, 3.63) is 48.2 Å². The second kappa shape index (κ2) is 20.1. The minimum Gasteiger partial charge on any atom is -0.472 e. The van der Waals surface area contributed by atoms with E-state index in [0.29, 0.717) is 12.3 Å². The van der Waals surface area contributed by atoms with Crippen LogP contribution < -0.4 is 26.0 Å². The SMILES string of the molecule is CCC[C@H](NC(=O)[C@@H]1C[C@@H](Oc2ccc(C)cn2)CN1C(=O)[C@@H](NC(=O)[C@@H](NC(O)c1cnccn1)C1CCCCC1)C(C)(C)C)C(=O)C(=O)N[C@@H](C)C(C)C. The zero-order valence-electron chi connectivity index (χ0n) is 34.2. The van der Waals surface area contributed by atoms with Crippen LogP contribution in [0.15, 0.2) is 36.9 Å². The van der Waals surface area contributed by atoms with E-state index in [1.807, 2.05) is 61.5 Å². The maximum atomic E-state index is 14.8. The van der Waals surface area contributed by atoms with Crippen molar-refractivity contribution in [2.45, 2.75) is 149 Å². The van der Waals surface area contributed by atoms with Gasteiger partial charge in [0.2, 0.25) is 29.4 Å². The van der Waals surface area contributed by atoms with Gasteiger partial charge in [-0.15, -0.1) is 0 Å². The van der Waals surface area contributed by atoms with Gasteiger partial charge in [0.05, 0.1) is 24.8 Å². The Kier molecular flexibility index (Phi) is 15.9. The predicted molar refractivity (Wildman–Crippen MR) is 210 cm³/mol. The van der Waals surface area contributed by atoms with E-state index in [9.17, 15) is 29.1 Å². The van der Waals surface area contributed by atoms with E-state index in [1.165, 1.54) is 23.5 Å². The molecule has 15 nitrogen and oxygen atoms in total. The highest BCUT2D eigenvalue weighted by Crippen LogP contribution is 2.31. The van der Waals surface area contributed by atoms with Crippen molar-refractivity contribution in [2.24, 2.45) is 17.3 Å². The maximum absolute atomic E-state index is 14.8. The number of Topliss-reactive ketones (excluding diaryl/α,β-unsaturated/α-hetero) is 1. The molecule has 0 bridgehead atoms. The van der Waals surface area contributed by atoms with Crippen LogP contribution in [0.2, 0.25) is 0 Å². The molecule has 5 N–H and O–H groups in total. The summed E-state index contributed by atoms with van der Waals surface area (Å²) in [6, 6.07) is -0.837. The minimum absolute atomic E-state index is 0.00337. The Labute approximate surface area is 330 Å². The Hall–Kier alpha value is -4.50. The van der Waals surface area contributed by atoms with E-state index in [0.717, 1.165) is 37.7 Å². The summed E-state index contributed by atoms with van der Waals surface area (Å²) >= 11 is 0. The minimum atomic E-state index is -1.28. The quantitative estimate of drug-likeness (QED) is 0.116. The van der Waals surface area contributed by atoms with Gasteiger partial charge in [0, 0.05) is 37.1 Å². The van der Waals surface area contributed by atoms with Gasteiger partial charge in [-0.25, -0.2) is 4.98 Å². The number of likely N-dealkylation sites (tertiary alicyclic amines) is 1. The number of hydrogen-bond acceptors (Lipinski definition) is 11. The number of aliphatic hydroxyl groups excluding tert-OH is 1. The average Bonchev–Trinajstić information content (AvgIpc) is 3.60. The standard InChI is InChI=1S/C41H62N8O7/c1-9-13-29(34(50)39(54)45-26(5)24(2)3)46-37(52)31-20-28(56-32-17-16-25(4)21-44-32)23-49(31)40(55)35(41(6,7)8)48-38(53)33(27-14-11-10-12-15-27)47-36(51)30-22-42-18-19-43-30/h16-19,21-22,24,26-29,31,33,35-36,47,51H,9-15,20,23H2,1-8H3,(H,45,54)(H,46,52)(H,48,53)/t26-,28+,29-,31-,33-,35+,36?/m0/s1. The lowest BCUT2D eigenvalue weighted by atomic mass is 9.82. The first-order chi connectivity index (χ1) is 26.5. The number of ether oxygens (including phenoxy) is 1. The van der Waals surface area contributed by atoms with Gasteiger partial charge in [0.25, 0.3) is 5.91 Å². The van der Waals surface area contributed by atoms with Gasteiger partial charge in [-0.1, -0.05) is 73.3 Å². The molecule has 2 aromatic rings. The first kappa shape index (κ1) is 44.2. The molecule has 2 aromatic heterocycles.